The van der Waals surface area contributed by atoms with Crippen LogP contribution in [0.15, 0.2) is 66.3 Å². The second-order valence-corrected chi connectivity index (χ2v) is 11.1. The minimum atomic E-state index is -0.270. The van der Waals surface area contributed by atoms with E-state index in [9.17, 15) is 9.90 Å². The zero-order chi connectivity index (χ0) is 27.1. The molecule has 204 valence electrons. The van der Waals surface area contributed by atoms with Gasteiger partial charge < -0.3 is 14.7 Å². The molecule has 0 bridgehead atoms. The summed E-state index contributed by atoms with van der Waals surface area (Å²) >= 11 is 0. The molecule has 2 aromatic rings. The van der Waals surface area contributed by atoms with Crippen LogP contribution in [0.2, 0.25) is 0 Å². The third kappa shape index (κ3) is 7.08. The first-order chi connectivity index (χ1) is 18.4. The molecule has 0 spiro atoms. The summed E-state index contributed by atoms with van der Waals surface area (Å²) < 4.78 is 6.09. The highest BCUT2D eigenvalue weighted by Crippen LogP contribution is 2.47. The van der Waals surface area contributed by atoms with Crippen molar-refractivity contribution in [1.29, 1.82) is 0 Å². The Morgan fingerprint density at radius 1 is 1.11 bits per heavy atom. The molecule has 2 aliphatic rings. The van der Waals surface area contributed by atoms with E-state index >= 15 is 0 Å². The lowest BCUT2D eigenvalue weighted by molar-refractivity contribution is -0.135. The van der Waals surface area contributed by atoms with Gasteiger partial charge in [-0.2, -0.15) is 0 Å². The lowest BCUT2D eigenvalue weighted by Gasteiger charge is -2.35. The summed E-state index contributed by atoms with van der Waals surface area (Å²) in [7, 11) is 0. The van der Waals surface area contributed by atoms with Crippen molar-refractivity contribution in [2.24, 2.45) is 5.92 Å². The average molecular weight is 517 g/mol. The van der Waals surface area contributed by atoms with Gasteiger partial charge in [0.05, 0.1) is 6.54 Å². The molecule has 1 fully saturated rings. The Hall–Kier alpha value is -3.05. The van der Waals surface area contributed by atoms with E-state index in [1.165, 1.54) is 11.3 Å². The number of carbonyl (C=O) groups excluding carboxylic acids is 1. The highest BCUT2D eigenvalue weighted by atomic mass is 16.5. The van der Waals surface area contributed by atoms with E-state index in [4.69, 9.17) is 4.74 Å². The van der Waals surface area contributed by atoms with Crippen molar-refractivity contribution in [1.82, 2.24) is 4.90 Å². The summed E-state index contributed by atoms with van der Waals surface area (Å²) in [6.07, 6.45) is 8.41. The van der Waals surface area contributed by atoms with Gasteiger partial charge >= 0.3 is 5.97 Å². The van der Waals surface area contributed by atoms with E-state index in [2.05, 4.69) is 67.5 Å². The van der Waals surface area contributed by atoms with Gasteiger partial charge in [0.15, 0.2) is 0 Å². The molecular weight excluding hydrogens is 472 g/mol. The number of carbonyl (C=O) groups is 1. The van der Waals surface area contributed by atoms with Crippen LogP contribution in [0.25, 0.3) is 0 Å². The van der Waals surface area contributed by atoms with Crippen molar-refractivity contribution in [2.45, 2.75) is 65.2 Å². The standard InChI is InChI=1S/C33H44N2O3/c1-5-6-8-11-26-21-30(36)33(29-20-25(4)14-15-28(29)24(2)3)31(22-26)38-32(37)23-34-16-18-35(19-17-34)27-12-9-7-10-13-27/h7,9-10,12-13,20-22,28-29,36H,2,5-6,8,11,14-19,23H2,1,3-4H3/t28-,29+/m0/s1. The van der Waals surface area contributed by atoms with Crippen LogP contribution in [0.4, 0.5) is 5.69 Å². The van der Waals surface area contributed by atoms with Crippen LogP contribution < -0.4 is 9.64 Å². The zero-order valence-electron chi connectivity index (χ0n) is 23.4. The lowest BCUT2D eigenvalue weighted by Crippen LogP contribution is -2.48. The fourth-order valence-corrected chi connectivity index (χ4v) is 5.86. The number of ether oxygens (including phenoxy) is 1. The Kier molecular flexibility index (Phi) is 9.68. The number of para-hydroxylation sites is 1. The summed E-state index contributed by atoms with van der Waals surface area (Å²) in [5, 5.41) is 11.3. The Morgan fingerprint density at radius 2 is 1.84 bits per heavy atom. The van der Waals surface area contributed by atoms with Gasteiger partial charge in [0.1, 0.15) is 11.5 Å². The summed E-state index contributed by atoms with van der Waals surface area (Å²) in [6.45, 7) is 14.2. The van der Waals surface area contributed by atoms with E-state index in [-0.39, 0.29) is 30.1 Å². The van der Waals surface area contributed by atoms with Gasteiger partial charge in [-0.15, -0.1) is 0 Å². The first-order valence-electron chi connectivity index (χ1n) is 14.3. The molecule has 1 aliphatic heterocycles. The number of phenolic OH excluding ortho intramolecular Hbond substituents is 1. The quantitative estimate of drug-likeness (QED) is 0.162. The van der Waals surface area contributed by atoms with E-state index in [1.54, 1.807) is 0 Å². The van der Waals surface area contributed by atoms with Crippen LogP contribution in [-0.2, 0) is 11.2 Å². The number of rotatable bonds is 10. The van der Waals surface area contributed by atoms with Crippen molar-refractivity contribution in [2.75, 3.05) is 37.6 Å². The second-order valence-electron chi connectivity index (χ2n) is 11.1. The van der Waals surface area contributed by atoms with Crippen LogP contribution in [0.1, 0.15) is 69.9 Å². The minimum absolute atomic E-state index is 0.0526. The van der Waals surface area contributed by atoms with Crippen molar-refractivity contribution in [3.05, 3.63) is 77.4 Å². The number of piperazine rings is 1. The van der Waals surface area contributed by atoms with Crippen molar-refractivity contribution in [3.8, 4) is 11.5 Å². The number of nitrogens with zero attached hydrogens (tertiary/aromatic N) is 2. The van der Waals surface area contributed by atoms with Crippen LogP contribution in [0.5, 0.6) is 11.5 Å². The van der Waals surface area contributed by atoms with Crippen molar-refractivity contribution in [3.63, 3.8) is 0 Å². The summed E-state index contributed by atoms with van der Waals surface area (Å²) in [5.74, 6) is 0.613. The molecule has 0 unspecified atom stereocenters. The molecule has 2 atom stereocenters. The normalized spacial score (nSPS) is 20.2. The maximum absolute atomic E-state index is 13.2. The predicted molar refractivity (Wildman–Crippen MR) is 156 cm³/mol. The minimum Gasteiger partial charge on any atom is -0.507 e. The third-order valence-corrected chi connectivity index (χ3v) is 8.03. The van der Waals surface area contributed by atoms with Crippen molar-refractivity contribution >= 4 is 11.7 Å². The van der Waals surface area contributed by atoms with Crippen LogP contribution in [0.3, 0.4) is 0 Å². The Morgan fingerprint density at radius 3 is 2.53 bits per heavy atom. The molecule has 0 radical (unpaired) electrons. The average Bonchev–Trinajstić information content (AvgIpc) is 2.89. The number of anilines is 1. The summed E-state index contributed by atoms with van der Waals surface area (Å²) in [5.41, 5.74) is 5.35. The van der Waals surface area contributed by atoms with Gasteiger partial charge in [0, 0.05) is 43.3 Å². The maximum atomic E-state index is 13.2. The molecule has 2 aromatic carbocycles. The van der Waals surface area contributed by atoms with E-state index in [0.717, 1.165) is 81.4 Å². The summed E-state index contributed by atoms with van der Waals surface area (Å²) in [6, 6.07) is 14.3. The van der Waals surface area contributed by atoms with Crippen LogP contribution >= 0.6 is 0 Å². The number of allylic oxidation sites excluding steroid dienone is 3. The van der Waals surface area contributed by atoms with Gasteiger partial charge in [-0.3, -0.25) is 9.69 Å². The molecule has 0 amide bonds. The molecular formula is C33H44N2O3. The molecule has 1 saturated heterocycles. The molecule has 0 saturated carbocycles. The van der Waals surface area contributed by atoms with E-state index in [1.807, 2.05) is 18.2 Å². The number of benzene rings is 2. The van der Waals surface area contributed by atoms with E-state index < -0.39 is 0 Å². The van der Waals surface area contributed by atoms with Gasteiger partial charge in [-0.1, -0.05) is 61.8 Å². The SMILES string of the molecule is C=C(C)[C@@H]1CCC(C)=C[C@H]1c1c(O)cc(CCCCC)cc1OC(=O)CN1CCN(c2ccccc2)CC1. The number of hydrogen-bond donors (Lipinski definition) is 1. The fraction of sp³-hybridized carbons (Fsp3) is 0.485. The van der Waals surface area contributed by atoms with Crippen LogP contribution in [0, 0.1) is 5.92 Å². The molecule has 38 heavy (non-hydrogen) atoms. The van der Waals surface area contributed by atoms with Gasteiger partial charge in [0.25, 0.3) is 0 Å². The van der Waals surface area contributed by atoms with Gasteiger partial charge in [0.2, 0.25) is 0 Å². The Balaban J connectivity index is 1.51. The molecule has 5 nitrogen and oxygen atoms in total. The first-order valence-corrected chi connectivity index (χ1v) is 14.3. The topological polar surface area (TPSA) is 53.0 Å². The van der Waals surface area contributed by atoms with Crippen molar-refractivity contribution < 1.29 is 14.6 Å². The number of aromatic hydroxyl groups is 1. The zero-order valence-corrected chi connectivity index (χ0v) is 23.4. The molecule has 1 aliphatic carbocycles. The molecule has 0 aromatic heterocycles. The first kappa shape index (κ1) is 28.0. The smallest absolute Gasteiger partial charge is 0.325 e. The molecule has 4 rings (SSSR count). The monoisotopic (exact) mass is 516 g/mol. The second kappa shape index (κ2) is 13.1. The summed E-state index contributed by atoms with van der Waals surface area (Å²) in [4.78, 5) is 17.8. The Labute approximate surface area is 228 Å². The highest BCUT2D eigenvalue weighted by Gasteiger charge is 2.31. The number of unbranched alkanes of at least 4 members (excludes halogenated alkanes) is 2. The molecule has 1 heterocycles. The predicted octanol–water partition coefficient (Wildman–Crippen LogP) is 6.87. The van der Waals surface area contributed by atoms with E-state index in [0.29, 0.717) is 5.75 Å². The number of esters is 1. The maximum Gasteiger partial charge on any atom is 0.325 e. The largest absolute Gasteiger partial charge is 0.507 e. The molecule has 1 N–H and O–H groups in total. The number of hydrogen-bond acceptors (Lipinski definition) is 5. The lowest BCUT2D eigenvalue weighted by atomic mass is 9.73. The van der Waals surface area contributed by atoms with Gasteiger partial charge in [-0.25, -0.2) is 0 Å². The third-order valence-electron chi connectivity index (χ3n) is 8.03. The highest BCUT2D eigenvalue weighted by molar-refractivity contribution is 5.75. The number of aryl methyl sites for hydroxylation is 1. The fourth-order valence-electron chi connectivity index (χ4n) is 5.86. The Bertz CT molecular complexity index is 1130. The molecule has 5 heteroatoms. The van der Waals surface area contributed by atoms with Crippen LogP contribution in [-0.4, -0.2) is 48.7 Å². The number of phenols is 1. The van der Waals surface area contributed by atoms with Gasteiger partial charge in [-0.05, 0) is 75.3 Å².